The van der Waals surface area contributed by atoms with Gasteiger partial charge in [0.05, 0.1) is 6.61 Å². The van der Waals surface area contributed by atoms with Gasteiger partial charge in [-0.05, 0) is 23.3 Å². The molecule has 12 heavy (non-hydrogen) atoms. The molecule has 0 fully saturated rings. The maximum absolute atomic E-state index is 5.87. The van der Waals surface area contributed by atoms with E-state index >= 15 is 0 Å². The Hall–Kier alpha value is -0.570. The second-order valence-corrected chi connectivity index (χ2v) is 3.41. The van der Waals surface area contributed by atoms with Crippen LogP contribution in [-0.2, 0) is 18.0 Å². The zero-order valence-corrected chi connectivity index (χ0v) is 7.64. The highest BCUT2D eigenvalue weighted by molar-refractivity contribution is 6.30. The van der Waals surface area contributed by atoms with Gasteiger partial charge in [-0.1, -0.05) is 17.7 Å². The van der Waals surface area contributed by atoms with Gasteiger partial charge in [-0.3, -0.25) is 4.84 Å². The molecule has 1 heterocycles. The van der Waals surface area contributed by atoms with Crippen molar-refractivity contribution < 1.29 is 4.84 Å². The van der Waals surface area contributed by atoms with Crippen molar-refractivity contribution in [2.24, 2.45) is 0 Å². The van der Waals surface area contributed by atoms with Crippen molar-refractivity contribution in [3.05, 3.63) is 34.3 Å². The first-order valence-corrected chi connectivity index (χ1v) is 4.25. The summed E-state index contributed by atoms with van der Waals surface area (Å²) in [6, 6.07) is 5.91. The topological polar surface area (TPSA) is 12.5 Å². The number of benzene rings is 1. The number of rotatable bonds is 0. The van der Waals surface area contributed by atoms with Crippen molar-refractivity contribution >= 4 is 11.6 Å². The van der Waals surface area contributed by atoms with E-state index in [0.29, 0.717) is 6.61 Å². The molecule has 0 saturated carbocycles. The highest BCUT2D eigenvalue weighted by atomic mass is 35.5. The quantitative estimate of drug-likeness (QED) is 0.612. The van der Waals surface area contributed by atoms with Crippen LogP contribution in [0.15, 0.2) is 18.2 Å². The van der Waals surface area contributed by atoms with Gasteiger partial charge in [-0.15, -0.1) is 0 Å². The van der Waals surface area contributed by atoms with Gasteiger partial charge >= 0.3 is 0 Å². The Morgan fingerprint density at radius 2 is 2.25 bits per heavy atom. The van der Waals surface area contributed by atoms with Crippen molar-refractivity contribution in [3.8, 4) is 0 Å². The zero-order chi connectivity index (χ0) is 8.55. The summed E-state index contributed by atoms with van der Waals surface area (Å²) in [5, 5.41) is 2.61. The Balaban J connectivity index is 2.37. The Labute approximate surface area is 76.7 Å². The molecule has 64 valence electrons. The lowest BCUT2D eigenvalue weighted by Gasteiger charge is -2.24. The van der Waals surface area contributed by atoms with Crippen LogP contribution in [0.2, 0.25) is 5.02 Å². The predicted molar refractivity (Wildman–Crippen MR) is 47.7 cm³/mol. The molecular weight excluding hydrogens is 174 g/mol. The van der Waals surface area contributed by atoms with Crippen LogP contribution >= 0.6 is 11.6 Å². The number of nitrogens with zero attached hydrogens (tertiary/aromatic N) is 1. The number of hydroxylamine groups is 2. The van der Waals surface area contributed by atoms with Crippen LogP contribution in [0.1, 0.15) is 11.1 Å². The summed E-state index contributed by atoms with van der Waals surface area (Å²) >= 11 is 5.87. The molecule has 3 heteroatoms. The molecule has 0 bridgehead atoms. The molecule has 0 atom stereocenters. The van der Waals surface area contributed by atoms with Gasteiger partial charge in [0.15, 0.2) is 0 Å². The molecule has 1 aromatic carbocycles. The highest BCUT2D eigenvalue weighted by Crippen LogP contribution is 2.22. The van der Waals surface area contributed by atoms with E-state index in [0.717, 1.165) is 11.6 Å². The van der Waals surface area contributed by atoms with Crippen LogP contribution in [0.4, 0.5) is 0 Å². The van der Waals surface area contributed by atoms with Crippen molar-refractivity contribution in [3.63, 3.8) is 0 Å². The van der Waals surface area contributed by atoms with E-state index in [1.54, 1.807) is 0 Å². The standard InChI is InChI=1S/C9H10ClNO/c1-11-5-8-4-9(10)3-2-7(8)6-12-11/h2-4H,5-6H2,1H3. The highest BCUT2D eigenvalue weighted by Gasteiger charge is 2.13. The van der Waals surface area contributed by atoms with E-state index in [1.807, 2.05) is 30.3 Å². The summed E-state index contributed by atoms with van der Waals surface area (Å²) in [5.74, 6) is 0. The van der Waals surface area contributed by atoms with Gasteiger partial charge in [0.1, 0.15) is 0 Å². The largest absolute Gasteiger partial charge is 0.294 e. The number of fused-ring (bicyclic) bond motifs is 1. The smallest absolute Gasteiger partial charge is 0.0939 e. The Kier molecular flexibility index (Phi) is 2.05. The van der Waals surface area contributed by atoms with Gasteiger partial charge in [0.2, 0.25) is 0 Å². The van der Waals surface area contributed by atoms with E-state index < -0.39 is 0 Å². The van der Waals surface area contributed by atoms with Gasteiger partial charge in [-0.25, -0.2) is 0 Å². The van der Waals surface area contributed by atoms with E-state index in [1.165, 1.54) is 11.1 Å². The van der Waals surface area contributed by atoms with Gasteiger partial charge < -0.3 is 0 Å². The second kappa shape index (κ2) is 3.05. The van der Waals surface area contributed by atoms with Crippen LogP contribution < -0.4 is 0 Å². The summed E-state index contributed by atoms with van der Waals surface area (Å²) in [4.78, 5) is 5.33. The van der Waals surface area contributed by atoms with E-state index in [-0.39, 0.29) is 0 Å². The predicted octanol–water partition coefficient (Wildman–Crippen LogP) is 2.22. The van der Waals surface area contributed by atoms with Crippen molar-refractivity contribution in [2.75, 3.05) is 7.05 Å². The van der Waals surface area contributed by atoms with E-state index in [4.69, 9.17) is 16.4 Å². The minimum atomic E-state index is 0.656. The van der Waals surface area contributed by atoms with E-state index in [2.05, 4.69) is 0 Å². The van der Waals surface area contributed by atoms with Crippen LogP contribution in [0, 0.1) is 0 Å². The molecule has 0 radical (unpaired) electrons. The molecule has 1 aromatic rings. The summed E-state index contributed by atoms with van der Waals surface area (Å²) in [7, 11) is 1.92. The first kappa shape index (κ1) is 8.05. The first-order chi connectivity index (χ1) is 5.75. The number of hydrogen-bond donors (Lipinski definition) is 0. The minimum Gasteiger partial charge on any atom is -0.294 e. The summed E-state index contributed by atoms with van der Waals surface area (Å²) in [6.45, 7) is 1.47. The van der Waals surface area contributed by atoms with Gasteiger partial charge in [0.25, 0.3) is 0 Å². The Bertz CT molecular complexity index is 301. The average Bonchev–Trinajstić information content (AvgIpc) is 2.03. The first-order valence-electron chi connectivity index (χ1n) is 3.87. The number of halogens is 1. The van der Waals surface area contributed by atoms with Crippen molar-refractivity contribution in [2.45, 2.75) is 13.2 Å². The average molecular weight is 184 g/mol. The van der Waals surface area contributed by atoms with Crippen LogP contribution in [0.25, 0.3) is 0 Å². The molecule has 1 aliphatic heterocycles. The maximum atomic E-state index is 5.87. The third-order valence-corrected chi connectivity index (χ3v) is 2.24. The lowest BCUT2D eigenvalue weighted by atomic mass is 10.1. The van der Waals surface area contributed by atoms with E-state index in [9.17, 15) is 0 Å². The third kappa shape index (κ3) is 1.46. The molecule has 0 aliphatic carbocycles. The molecule has 2 rings (SSSR count). The molecule has 0 N–H and O–H groups in total. The third-order valence-electron chi connectivity index (χ3n) is 2.00. The fourth-order valence-electron chi connectivity index (χ4n) is 1.35. The molecule has 0 amide bonds. The molecular formula is C9H10ClNO. The van der Waals surface area contributed by atoms with Gasteiger partial charge in [0, 0.05) is 18.6 Å². The summed E-state index contributed by atoms with van der Waals surface area (Å²) < 4.78 is 0. The van der Waals surface area contributed by atoms with Crippen molar-refractivity contribution in [1.82, 2.24) is 5.06 Å². The fourth-order valence-corrected chi connectivity index (χ4v) is 1.54. The molecule has 0 saturated heterocycles. The Morgan fingerprint density at radius 1 is 1.42 bits per heavy atom. The number of hydrogen-bond acceptors (Lipinski definition) is 2. The van der Waals surface area contributed by atoms with Crippen LogP contribution in [0.5, 0.6) is 0 Å². The van der Waals surface area contributed by atoms with Crippen LogP contribution in [0.3, 0.4) is 0 Å². The summed E-state index contributed by atoms with van der Waals surface area (Å²) in [6.07, 6.45) is 0. The lowest BCUT2D eigenvalue weighted by molar-refractivity contribution is -0.168. The molecule has 0 unspecified atom stereocenters. The molecule has 0 aromatic heterocycles. The SMILES string of the molecule is CN1Cc2cc(Cl)ccc2CO1. The molecule has 1 aliphatic rings. The molecule has 2 nitrogen and oxygen atoms in total. The normalized spacial score (nSPS) is 17.5. The maximum Gasteiger partial charge on any atom is 0.0939 e. The monoisotopic (exact) mass is 183 g/mol. The minimum absolute atomic E-state index is 0.656. The van der Waals surface area contributed by atoms with Crippen molar-refractivity contribution in [1.29, 1.82) is 0 Å². The Morgan fingerprint density at radius 3 is 3.08 bits per heavy atom. The fraction of sp³-hybridized carbons (Fsp3) is 0.333. The molecule has 0 spiro atoms. The second-order valence-electron chi connectivity index (χ2n) is 2.97. The van der Waals surface area contributed by atoms with Gasteiger partial charge in [-0.2, -0.15) is 5.06 Å². The van der Waals surface area contributed by atoms with Crippen LogP contribution in [-0.4, -0.2) is 12.1 Å². The lowest BCUT2D eigenvalue weighted by Crippen LogP contribution is -2.24. The summed E-state index contributed by atoms with van der Waals surface area (Å²) in [5.41, 5.74) is 2.49. The zero-order valence-electron chi connectivity index (χ0n) is 6.88.